The van der Waals surface area contributed by atoms with E-state index in [1.54, 1.807) is 6.92 Å². The molecule has 1 aliphatic rings. The molecule has 29 heavy (non-hydrogen) atoms. The fraction of sp³-hybridized carbons (Fsp3) is 0.455. The van der Waals surface area contributed by atoms with Gasteiger partial charge < -0.3 is 19.5 Å². The first-order chi connectivity index (χ1) is 13.9. The van der Waals surface area contributed by atoms with Crippen LogP contribution in [0.1, 0.15) is 36.2 Å². The second-order valence-corrected chi connectivity index (χ2v) is 7.85. The van der Waals surface area contributed by atoms with Crippen molar-refractivity contribution in [1.29, 1.82) is 0 Å². The van der Waals surface area contributed by atoms with E-state index in [2.05, 4.69) is 41.0 Å². The van der Waals surface area contributed by atoms with Crippen LogP contribution in [0.25, 0.3) is 11.3 Å². The molecular formula is C22H28ClN3O3. The summed E-state index contributed by atoms with van der Waals surface area (Å²) >= 11 is 6.45. The van der Waals surface area contributed by atoms with Crippen molar-refractivity contribution in [2.75, 3.05) is 38.7 Å². The number of aromatic amines is 1. The highest BCUT2D eigenvalue weighted by atomic mass is 35.5. The number of anilines is 1. The highest BCUT2D eigenvalue weighted by Gasteiger charge is 2.25. The van der Waals surface area contributed by atoms with Crippen molar-refractivity contribution in [2.24, 2.45) is 0 Å². The predicted molar refractivity (Wildman–Crippen MR) is 117 cm³/mol. The summed E-state index contributed by atoms with van der Waals surface area (Å²) in [6.45, 7) is 5.85. The van der Waals surface area contributed by atoms with Crippen molar-refractivity contribution in [3.05, 3.63) is 50.8 Å². The third-order valence-electron chi connectivity index (χ3n) is 5.50. The molecule has 1 saturated heterocycles. The molecule has 156 valence electrons. The largest absolute Gasteiger partial charge is 0.462 e. The van der Waals surface area contributed by atoms with Crippen molar-refractivity contribution in [1.82, 2.24) is 9.88 Å². The molecular weight excluding hydrogens is 390 g/mol. The van der Waals surface area contributed by atoms with Crippen LogP contribution in [0.15, 0.2) is 29.1 Å². The summed E-state index contributed by atoms with van der Waals surface area (Å²) < 4.78 is 4.98. The van der Waals surface area contributed by atoms with Crippen LogP contribution in [0.5, 0.6) is 0 Å². The van der Waals surface area contributed by atoms with Gasteiger partial charge in [0, 0.05) is 24.8 Å². The maximum atomic E-state index is 12.5. The summed E-state index contributed by atoms with van der Waals surface area (Å²) in [4.78, 5) is 32.1. The summed E-state index contributed by atoms with van der Waals surface area (Å²) in [6, 6.07) is 8.68. The van der Waals surface area contributed by atoms with E-state index in [-0.39, 0.29) is 17.2 Å². The third-order valence-corrected chi connectivity index (χ3v) is 5.92. The van der Waals surface area contributed by atoms with Crippen LogP contribution in [-0.2, 0) is 11.2 Å². The molecule has 1 aliphatic heterocycles. The van der Waals surface area contributed by atoms with Crippen molar-refractivity contribution < 1.29 is 9.53 Å². The molecule has 0 spiro atoms. The zero-order valence-corrected chi connectivity index (χ0v) is 18.2. The van der Waals surface area contributed by atoms with Gasteiger partial charge in [0.05, 0.1) is 17.3 Å². The quantitative estimate of drug-likeness (QED) is 0.728. The van der Waals surface area contributed by atoms with Crippen LogP contribution in [0.3, 0.4) is 0 Å². The van der Waals surface area contributed by atoms with Crippen LogP contribution >= 0.6 is 11.6 Å². The monoisotopic (exact) mass is 417 g/mol. The molecule has 0 radical (unpaired) electrons. The van der Waals surface area contributed by atoms with E-state index >= 15 is 0 Å². The van der Waals surface area contributed by atoms with E-state index in [4.69, 9.17) is 16.3 Å². The number of hydrogen-bond donors (Lipinski definition) is 1. The fourth-order valence-electron chi connectivity index (χ4n) is 3.81. The SMILES string of the molecule is CCOC(=O)c1c(Cl)c(CC)c(-c2ccc(N3CCC(N(C)C)C3)cc2)[nH]c1=O. The first kappa shape index (κ1) is 21.4. The second-order valence-electron chi connectivity index (χ2n) is 7.47. The number of esters is 1. The van der Waals surface area contributed by atoms with Crippen molar-refractivity contribution in [3.63, 3.8) is 0 Å². The molecule has 1 aromatic carbocycles. The number of carbonyl (C=O) groups is 1. The average molecular weight is 418 g/mol. The molecule has 3 rings (SSSR count). The van der Waals surface area contributed by atoms with Gasteiger partial charge in [0.2, 0.25) is 0 Å². The van der Waals surface area contributed by atoms with Crippen LogP contribution in [-0.4, -0.2) is 55.7 Å². The first-order valence-corrected chi connectivity index (χ1v) is 10.4. The number of likely N-dealkylation sites (N-methyl/N-ethyl adjacent to an activating group) is 1. The molecule has 1 aromatic heterocycles. The summed E-state index contributed by atoms with van der Waals surface area (Å²) in [5, 5.41) is 0.169. The van der Waals surface area contributed by atoms with Crippen molar-refractivity contribution in [3.8, 4) is 11.3 Å². The molecule has 2 heterocycles. The Balaban J connectivity index is 1.93. The summed E-state index contributed by atoms with van der Waals surface area (Å²) in [5.41, 5.74) is 2.75. The number of H-pyrrole nitrogens is 1. The molecule has 1 atom stereocenters. The number of rotatable bonds is 6. The lowest BCUT2D eigenvalue weighted by atomic mass is 10.0. The van der Waals surface area contributed by atoms with Gasteiger partial charge in [-0.05, 0) is 57.1 Å². The van der Waals surface area contributed by atoms with Gasteiger partial charge in [0.25, 0.3) is 5.56 Å². The Morgan fingerprint density at radius 2 is 1.97 bits per heavy atom. The highest BCUT2D eigenvalue weighted by Crippen LogP contribution is 2.31. The number of benzene rings is 1. The van der Waals surface area contributed by atoms with E-state index in [0.717, 1.165) is 36.3 Å². The number of nitrogens with one attached hydrogen (secondary N) is 1. The van der Waals surface area contributed by atoms with E-state index in [0.29, 0.717) is 18.2 Å². The summed E-state index contributed by atoms with van der Waals surface area (Å²) in [5.74, 6) is -0.695. The van der Waals surface area contributed by atoms with Crippen LogP contribution in [0.4, 0.5) is 5.69 Å². The number of nitrogens with zero attached hydrogens (tertiary/aromatic N) is 2. The summed E-state index contributed by atoms with van der Waals surface area (Å²) in [7, 11) is 4.23. The first-order valence-electron chi connectivity index (χ1n) is 10.0. The maximum absolute atomic E-state index is 12.5. The molecule has 0 bridgehead atoms. The molecule has 7 heteroatoms. The van der Waals surface area contributed by atoms with Gasteiger partial charge in [0.1, 0.15) is 5.56 Å². The van der Waals surface area contributed by atoms with Gasteiger partial charge in [0.15, 0.2) is 0 Å². The van der Waals surface area contributed by atoms with Crippen LogP contribution in [0, 0.1) is 0 Å². The van der Waals surface area contributed by atoms with Crippen molar-refractivity contribution >= 4 is 23.3 Å². The van der Waals surface area contributed by atoms with E-state index in [9.17, 15) is 9.59 Å². The van der Waals surface area contributed by atoms with E-state index in [1.165, 1.54) is 0 Å². The van der Waals surface area contributed by atoms with Crippen LogP contribution in [0.2, 0.25) is 5.02 Å². The minimum atomic E-state index is -0.695. The molecule has 2 aromatic rings. The molecule has 0 aliphatic carbocycles. The van der Waals surface area contributed by atoms with Gasteiger partial charge in [-0.15, -0.1) is 0 Å². The van der Waals surface area contributed by atoms with Gasteiger partial charge in [-0.25, -0.2) is 4.79 Å². The lowest BCUT2D eigenvalue weighted by Crippen LogP contribution is -2.31. The number of aromatic nitrogens is 1. The Morgan fingerprint density at radius 1 is 1.28 bits per heavy atom. The fourth-order valence-corrected chi connectivity index (χ4v) is 4.20. The maximum Gasteiger partial charge on any atom is 0.345 e. The number of ether oxygens (including phenoxy) is 1. The smallest absolute Gasteiger partial charge is 0.345 e. The lowest BCUT2D eigenvalue weighted by molar-refractivity contribution is 0.0524. The highest BCUT2D eigenvalue weighted by molar-refractivity contribution is 6.34. The van der Waals surface area contributed by atoms with Gasteiger partial charge in [-0.3, -0.25) is 4.79 Å². The second kappa shape index (κ2) is 9.01. The van der Waals surface area contributed by atoms with Crippen LogP contribution < -0.4 is 10.5 Å². The van der Waals surface area contributed by atoms with E-state index in [1.807, 2.05) is 19.1 Å². The molecule has 0 saturated carbocycles. The number of pyridine rings is 1. The number of halogens is 1. The summed E-state index contributed by atoms with van der Waals surface area (Å²) in [6.07, 6.45) is 1.72. The van der Waals surface area contributed by atoms with Gasteiger partial charge in [-0.1, -0.05) is 30.7 Å². The zero-order valence-electron chi connectivity index (χ0n) is 17.4. The Bertz CT molecular complexity index is 938. The average Bonchev–Trinajstić information content (AvgIpc) is 3.18. The van der Waals surface area contributed by atoms with Crippen molar-refractivity contribution in [2.45, 2.75) is 32.7 Å². The predicted octanol–water partition coefficient (Wildman–Crippen LogP) is 3.57. The van der Waals surface area contributed by atoms with Gasteiger partial charge in [-0.2, -0.15) is 0 Å². The Hall–Kier alpha value is -2.31. The Kier molecular flexibility index (Phi) is 6.65. The molecule has 1 fully saturated rings. The normalized spacial score (nSPS) is 16.5. The van der Waals surface area contributed by atoms with Gasteiger partial charge >= 0.3 is 5.97 Å². The minimum Gasteiger partial charge on any atom is -0.462 e. The third kappa shape index (κ3) is 4.33. The lowest BCUT2D eigenvalue weighted by Gasteiger charge is -2.22. The zero-order chi connectivity index (χ0) is 21.1. The topological polar surface area (TPSA) is 65.6 Å². The standard InChI is InChI=1S/C22H28ClN3O3/c1-5-17-19(23)18(22(28)29-6-2)21(27)24-20(17)14-7-9-15(10-8-14)26-12-11-16(13-26)25(3)4/h7-10,16H,5-6,11-13H2,1-4H3,(H,24,27). The number of hydrogen-bond acceptors (Lipinski definition) is 5. The minimum absolute atomic E-state index is 0.127. The molecule has 6 nitrogen and oxygen atoms in total. The molecule has 0 amide bonds. The molecule has 1 N–H and O–H groups in total. The number of carbonyl (C=O) groups excluding carboxylic acids is 1. The molecule has 1 unspecified atom stereocenters. The van der Waals surface area contributed by atoms with E-state index < -0.39 is 11.5 Å². The Labute approximate surface area is 176 Å². The Morgan fingerprint density at radius 3 is 2.52 bits per heavy atom.